The molecule has 86 valence electrons. The number of aromatic amines is 1. The van der Waals surface area contributed by atoms with Crippen LogP contribution in [0.2, 0.25) is 0 Å². The second-order valence-corrected chi connectivity index (χ2v) is 4.76. The van der Waals surface area contributed by atoms with E-state index in [1.165, 1.54) is 5.69 Å². The molecule has 0 unspecified atom stereocenters. The van der Waals surface area contributed by atoms with Gasteiger partial charge in [0.05, 0.1) is 5.69 Å². The fraction of sp³-hybridized carbons (Fsp3) is 0.727. The lowest BCUT2D eigenvalue weighted by molar-refractivity contribution is 0.292. The Morgan fingerprint density at radius 1 is 1.33 bits per heavy atom. The number of rotatable bonds is 7. The van der Waals surface area contributed by atoms with Crippen LogP contribution in [0.25, 0.3) is 0 Å². The van der Waals surface area contributed by atoms with E-state index in [0.29, 0.717) is 0 Å². The van der Waals surface area contributed by atoms with Crippen LogP contribution < -0.4 is 0 Å². The monoisotopic (exact) mass is 227 g/mol. The number of aromatic nitrogens is 2. The zero-order valence-corrected chi connectivity index (χ0v) is 10.7. The lowest BCUT2D eigenvalue weighted by Gasteiger charge is -2.15. The van der Waals surface area contributed by atoms with Crippen LogP contribution in [0.1, 0.15) is 32.2 Å². The van der Waals surface area contributed by atoms with Gasteiger partial charge in [-0.05, 0) is 24.9 Å². The summed E-state index contributed by atoms with van der Waals surface area (Å²) in [5.74, 6) is 2.20. The molecule has 0 radical (unpaired) electrons. The van der Waals surface area contributed by atoms with E-state index in [2.05, 4.69) is 41.9 Å². The average Bonchev–Trinajstić information content (AvgIpc) is 2.70. The molecule has 4 heteroatoms. The first-order valence-corrected chi connectivity index (χ1v) is 6.78. The summed E-state index contributed by atoms with van der Waals surface area (Å²) < 4.78 is 0. The summed E-state index contributed by atoms with van der Waals surface area (Å²) in [6.07, 6.45) is 0. The number of hydrogen-bond acceptors (Lipinski definition) is 3. The van der Waals surface area contributed by atoms with Crippen molar-refractivity contribution in [1.82, 2.24) is 15.1 Å². The molecule has 0 saturated heterocycles. The van der Waals surface area contributed by atoms with Crippen LogP contribution >= 0.6 is 11.8 Å². The van der Waals surface area contributed by atoms with Gasteiger partial charge in [-0.1, -0.05) is 20.8 Å². The minimum atomic E-state index is 0.959. The molecule has 1 rings (SSSR count). The van der Waals surface area contributed by atoms with Crippen LogP contribution in [0.5, 0.6) is 0 Å². The quantitative estimate of drug-likeness (QED) is 0.776. The van der Waals surface area contributed by atoms with Crippen molar-refractivity contribution in [1.29, 1.82) is 0 Å². The molecule has 0 saturated carbocycles. The molecule has 0 aliphatic rings. The summed E-state index contributed by atoms with van der Waals surface area (Å²) in [6, 6.07) is 2.18. The van der Waals surface area contributed by atoms with Gasteiger partial charge in [0.2, 0.25) is 0 Å². The maximum Gasteiger partial charge on any atom is 0.0765 e. The van der Waals surface area contributed by atoms with Gasteiger partial charge in [0, 0.05) is 18.0 Å². The Hall–Kier alpha value is -0.480. The Labute approximate surface area is 96.6 Å². The number of nitrogens with one attached hydrogen (secondary N) is 1. The highest BCUT2D eigenvalue weighted by Crippen LogP contribution is 2.11. The summed E-state index contributed by atoms with van der Waals surface area (Å²) in [7, 11) is 0. The summed E-state index contributed by atoms with van der Waals surface area (Å²) >= 11 is 1.92. The van der Waals surface area contributed by atoms with Crippen molar-refractivity contribution in [2.45, 2.75) is 33.1 Å². The maximum absolute atomic E-state index is 4.32. The first kappa shape index (κ1) is 12.6. The highest BCUT2D eigenvalue weighted by atomic mass is 32.2. The Kier molecular flexibility index (Phi) is 5.79. The lowest BCUT2D eigenvalue weighted by Crippen LogP contribution is -2.22. The third-order valence-electron chi connectivity index (χ3n) is 2.43. The molecular weight excluding hydrogens is 206 g/mol. The molecular formula is C11H21N3S. The lowest BCUT2D eigenvalue weighted by atomic mass is 10.3. The number of nitrogens with zero attached hydrogens (tertiary/aromatic N) is 2. The molecule has 0 aliphatic heterocycles. The smallest absolute Gasteiger partial charge is 0.0765 e. The van der Waals surface area contributed by atoms with Gasteiger partial charge in [-0.3, -0.25) is 10.00 Å². The van der Waals surface area contributed by atoms with E-state index < -0.39 is 0 Å². The van der Waals surface area contributed by atoms with Gasteiger partial charge in [-0.15, -0.1) is 0 Å². The molecule has 3 nitrogen and oxygen atoms in total. The van der Waals surface area contributed by atoms with Crippen molar-refractivity contribution >= 4 is 11.8 Å². The standard InChI is InChI=1S/C11H21N3S/c1-4-14(5-2)8-10-7-11(13-12-10)9-15-6-3/h7H,4-6,8-9H2,1-3H3,(H,12,13). The van der Waals surface area contributed by atoms with E-state index in [1.54, 1.807) is 0 Å². The third kappa shape index (κ3) is 4.26. The molecule has 1 N–H and O–H groups in total. The normalized spacial score (nSPS) is 11.2. The summed E-state index contributed by atoms with van der Waals surface area (Å²) in [5, 5.41) is 7.42. The molecule has 0 aliphatic carbocycles. The number of H-pyrrole nitrogens is 1. The maximum atomic E-state index is 4.32. The third-order valence-corrected chi connectivity index (χ3v) is 3.35. The van der Waals surface area contributed by atoms with E-state index in [0.717, 1.165) is 36.8 Å². The predicted molar refractivity (Wildman–Crippen MR) is 67.0 cm³/mol. The van der Waals surface area contributed by atoms with Gasteiger partial charge in [0.15, 0.2) is 0 Å². The molecule has 1 aromatic heterocycles. The van der Waals surface area contributed by atoms with Crippen LogP contribution in [0, 0.1) is 0 Å². The molecule has 0 fully saturated rings. The Balaban J connectivity index is 2.44. The Bertz CT molecular complexity index is 269. The van der Waals surface area contributed by atoms with Crippen molar-refractivity contribution in [3.8, 4) is 0 Å². The van der Waals surface area contributed by atoms with Gasteiger partial charge in [0.1, 0.15) is 0 Å². The Morgan fingerprint density at radius 2 is 2.07 bits per heavy atom. The second kappa shape index (κ2) is 6.90. The van der Waals surface area contributed by atoms with Crippen molar-refractivity contribution < 1.29 is 0 Å². The van der Waals surface area contributed by atoms with Gasteiger partial charge < -0.3 is 0 Å². The fourth-order valence-electron chi connectivity index (χ4n) is 1.45. The van der Waals surface area contributed by atoms with Crippen molar-refractivity contribution in [3.63, 3.8) is 0 Å². The zero-order chi connectivity index (χ0) is 11.1. The molecule has 1 aromatic rings. The van der Waals surface area contributed by atoms with Crippen LogP contribution in [0.4, 0.5) is 0 Å². The minimum absolute atomic E-state index is 0.959. The van der Waals surface area contributed by atoms with Crippen molar-refractivity contribution in [3.05, 3.63) is 17.5 Å². The highest BCUT2D eigenvalue weighted by molar-refractivity contribution is 7.98. The van der Waals surface area contributed by atoms with Crippen molar-refractivity contribution in [2.24, 2.45) is 0 Å². The van der Waals surface area contributed by atoms with Gasteiger partial charge in [0.25, 0.3) is 0 Å². The Morgan fingerprint density at radius 3 is 2.67 bits per heavy atom. The molecule has 0 aromatic carbocycles. The largest absolute Gasteiger partial charge is 0.298 e. The van der Waals surface area contributed by atoms with Crippen LogP contribution in [-0.2, 0) is 12.3 Å². The molecule has 15 heavy (non-hydrogen) atoms. The zero-order valence-electron chi connectivity index (χ0n) is 9.92. The highest BCUT2D eigenvalue weighted by Gasteiger charge is 2.05. The fourth-order valence-corrected chi connectivity index (χ4v) is 2.02. The van der Waals surface area contributed by atoms with E-state index in [1.807, 2.05) is 11.8 Å². The molecule has 0 bridgehead atoms. The number of hydrogen-bond donors (Lipinski definition) is 1. The summed E-state index contributed by atoms with van der Waals surface area (Å²) in [5.41, 5.74) is 2.40. The van der Waals surface area contributed by atoms with Crippen LogP contribution in [0.3, 0.4) is 0 Å². The minimum Gasteiger partial charge on any atom is -0.298 e. The number of thioether (sulfide) groups is 1. The predicted octanol–water partition coefficient (Wildman–Crippen LogP) is 2.50. The van der Waals surface area contributed by atoms with Crippen LogP contribution in [0.15, 0.2) is 6.07 Å². The van der Waals surface area contributed by atoms with E-state index >= 15 is 0 Å². The van der Waals surface area contributed by atoms with Gasteiger partial charge in [-0.25, -0.2) is 0 Å². The van der Waals surface area contributed by atoms with E-state index in [-0.39, 0.29) is 0 Å². The average molecular weight is 227 g/mol. The second-order valence-electron chi connectivity index (χ2n) is 3.48. The molecule has 0 atom stereocenters. The summed E-state index contributed by atoms with van der Waals surface area (Å²) in [4.78, 5) is 2.37. The van der Waals surface area contributed by atoms with E-state index in [4.69, 9.17) is 0 Å². The van der Waals surface area contributed by atoms with Crippen molar-refractivity contribution in [2.75, 3.05) is 18.8 Å². The first-order valence-electron chi connectivity index (χ1n) is 5.63. The molecule has 1 heterocycles. The van der Waals surface area contributed by atoms with Gasteiger partial charge >= 0.3 is 0 Å². The molecule has 0 amide bonds. The van der Waals surface area contributed by atoms with E-state index in [9.17, 15) is 0 Å². The topological polar surface area (TPSA) is 31.9 Å². The van der Waals surface area contributed by atoms with Crippen LogP contribution in [-0.4, -0.2) is 33.9 Å². The SMILES string of the molecule is CCSCc1cc(CN(CC)CC)n[nH]1. The summed E-state index contributed by atoms with van der Waals surface area (Å²) in [6.45, 7) is 9.68. The molecule has 0 spiro atoms. The first-order chi connectivity index (χ1) is 7.30. The van der Waals surface area contributed by atoms with Gasteiger partial charge in [-0.2, -0.15) is 16.9 Å².